The van der Waals surface area contributed by atoms with Crippen LogP contribution in [0.15, 0.2) is 28.7 Å². The predicted octanol–water partition coefficient (Wildman–Crippen LogP) is 3.84. The van der Waals surface area contributed by atoms with E-state index < -0.39 is 46.1 Å². The van der Waals surface area contributed by atoms with Gasteiger partial charge >= 0.3 is 0 Å². The van der Waals surface area contributed by atoms with Crippen LogP contribution in [0.3, 0.4) is 0 Å². The molecule has 3 nitrogen and oxygen atoms in total. The average molecular weight is 363 g/mol. The van der Waals surface area contributed by atoms with Crippen LogP contribution in [-0.2, 0) is 0 Å². The van der Waals surface area contributed by atoms with Gasteiger partial charge in [-0.25, -0.2) is 17.6 Å². The van der Waals surface area contributed by atoms with Crippen molar-refractivity contribution in [2.24, 2.45) is 0 Å². The van der Waals surface area contributed by atoms with E-state index in [2.05, 4.69) is 15.9 Å². The minimum atomic E-state index is -1.24. The first-order valence-electron chi connectivity index (χ1n) is 5.50. The number of carbonyl (C=O) groups excluding carboxylic acids is 1. The van der Waals surface area contributed by atoms with Gasteiger partial charge in [0.25, 0.3) is 5.91 Å². The van der Waals surface area contributed by atoms with Crippen LogP contribution in [0.1, 0.15) is 10.4 Å². The lowest BCUT2D eigenvalue weighted by Gasteiger charge is -2.11. The molecule has 0 heterocycles. The molecule has 0 spiro atoms. The fraction of sp³-hybridized carbons (Fsp3) is 0. The smallest absolute Gasteiger partial charge is 0.261 e. The van der Waals surface area contributed by atoms with E-state index in [9.17, 15) is 22.4 Å². The maximum atomic E-state index is 13.6. The molecular formula is C13H7BrF4N2O. The lowest BCUT2D eigenvalue weighted by molar-refractivity contribution is 0.101. The van der Waals surface area contributed by atoms with Gasteiger partial charge in [0.1, 0.15) is 28.7 Å². The molecular weight excluding hydrogens is 356 g/mol. The largest absolute Gasteiger partial charge is 0.397 e. The molecule has 0 unspecified atom stereocenters. The summed E-state index contributed by atoms with van der Waals surface area (Å²) in [5.41, 5.74) is 3.50. The van der Waals surface area contributed by atoms with Gasteiger partial charge in [-0.15, -0.1) is 0 Å². The standard InChI is InChI=1S/C13H7BrF4N2O/c14-5-1-7(16)11(8(17)2-5)13(21)20-12-9(18)3-6(15)4-10(12)19/h1-4H,19H2,(H,20,21). The molecule has 8 heteroatoms. The Balaban J connectivity index is 2.40. The molecule has 21 heavy (non-hydrogen) atoms. The van der Waals surface area contributed by atoms with E-state index in [4.69, 9.17) is 5.73 Å². The molecule has 0 bridgehead atoms. The highest BCUT2D eigenvalue weighted by Gasteiger charge is 2.21. The molecule has 0 radical (unpaired) electrons. The number of carbonyl (C=O) groups is 1. The molecule has 1 amide bonds. The van der Waals surface area contributed by atoms with Crippen LogP contribution in [0.25, 0.3) is 0 Å². The van der Waals surface area contributed by atoms with Gasteiger partial charge in [-0.1, -0.05) is 15.9 Å². The molecule has 2 rings (SSSR count). The van der Waals surface area contributed by atoms with Gasteiger partial charge in [-0.3, -0.25) is 4.79 Å². The van der Waals surface area contributed by atoms with Crippen LogP contribution in [-0.4, -0.2) is 5.91 Å². The monoisotopic (exact) mass is 362 g/mol. The summed E-state index contributed by atoms with van der Waals surface area (Å²) in [6, 6.07) is 3.01. The maximum absolute atomic E-state index is 13.6. The molecule has 0 aliphatic carbocycles. The van der Waals surface area contributed by atoms with Crippen LogP contribution in [0, 0.1) is 23.3 Å². The number of hydrogen-bond donors (Lipinski definition) is 2. The number of benzene rings is 2. The zero-order valence-corrected chi connectivity index (χ0v) is 11.8. The first kappa shape index (κ1) is 15.3. The highest BCUT2D eigenvalue weighted by Crippen LogP contribution is 2.26. The summed E-state index contributed by atoms with van der Waals surface area (Å²) in [5.74, 6) is -5.61. The first-order chi connectivity index (χ1) is 9.79. The third kappa shape index (κ3) is 3.15. The number of amides is 1. The molecule has 0 aliphatic heterocycles. The summed E-state index contributed by atoms with van der Waals surface area (Å²) >= 11 is 2.86. The molecule has 0 aromatic heterocycles. The van der Waals surface area contributed by atoms with Gasteiger partial charge in [0.2, 0.25) is 0 Å². The van der Waals surface area contributed by atoms with E-state index >= 15 is 0 Å². The number of rotatable bonds is 2. The Morgan fingerprint density at radius 3 is 2.10 bits per heavy atom. The van der Waals surface area contributed by atoms with E-state index in [1.807, 2.05) is 5.32 Å². The fourth-order valence-corrected chi connectivity index (χ4v) is 2.06. The number of nitrogen functional groups attached to an aromatic ring is 1. The number of halogens is 5. The minimum absolute atomic E-state index is 0.0986. The van der Waals surface area contributed by atoms with Crippen molar-refractivity contribution in [3.8, 4) is 0 Å². The molecule has 2 aromatic rings. The second-order valence-electron chi connectivity index (χ2n) is 4.05. The van der Waals surface area contributed by atoms with Gasteiger partial charge < -0.3 is 11.1 Å². The van der Waals surface area contributed by atoms with Crippen LogP contribution in [0.4, 0.5) is 28.9 Å². The van der Waals surface area contributed by atoms with Crippen molar-refractivity contribution in [1.29, 1.82) is 0 Å². The van der Waals surface area contributed by atoms with Crippen LogP contribution in [0.5, 0.6) is 0 Å². The molecule has 3 N–H and O–H groups in total. The zero-order chi connectivity index (χ0) is 15.7. The van der Waals surface area contributed by atoms with Crippen molar-refractivity contribution >= 4 is 33.2 Å². The summed E-state index contributed by atoms with van der Waals surface area (Å²) in [5, 5.41) is 1.92. The quantitative estimate of drug-likeness (QED) is 0.629. The normalized spacial score (nSPS) is 10.5. The van der Waals surface area contributed by atoms with E-state index in [0.717, 1.165) is 18.2 Å². The molecule has 0 aliphatic rings. The second kappa shape index (κ2) is 5.72. The Labute approximate surface area is 124 Å². The Morgan fingerprint density at radius 1 is 1.00 bits per heavy atom. The number of nitrogens with two attached hydrogens (primary N) is 1. The van der Waals surface area contributed by atoms with Crippen molar-refractivity contribution < 1.29 is 22.4 Å². The maximum Gasteiger partial charge on any atom is 0.261 e. The van der Waals surface area contributed by atoms with E-state index in [-0.39, 0.29) is 4.47 Å². The Hall–Kier alpha value is -2.09. The molecule has 2 aromatic carbocycles. The second-order valence-corrected chi connectivity index (χ2v) is 4.97. The van der Waals surface area contributed by atoms with Crippen molar-refractivity contribution in [3.05, 3.63) is 57.6 Å². The summed E-state index contributed by atoms with van der Waals surface area (Å²) in [6.07, 6.45) is 0. The average Bonchev–Trinajstić information content (AvgIpc) is 2.32. The van der Waals surface area contributed by atoms with Crippen LogP contribution >= 0.6 is 15.9 Å². The van der Waals surface area contributed by atoms with Crippen molar-refractivity contribution in [2.75, 3.05) is 11.1 Å². The van der Waals surface area contributed by atoms with Gasteiger partial charge in [0, 0.05) is 10.5 Å². The summed E-state index contributed by atoms with van der Waals surface area (Å²) in [7, 11) is 0. The Bertz CT molecular complexity index is 690. The fourth-order valence-electron chi connectivity index (χ4n) is 1.66. The van der Waals surface area contributed by atoms with Crippen molar-refractivity contribution in [1.82, 2.24) is 0 Å². The van der Waals surface area contributed by atoms with E-state index in [1.54, 1.807) is 0 Å². The van der Waals surface area contributed by atoms with Crippen LogP contribution < -0.4 is 11.1 Å². The molecule has 0 saturated heterocycles. The third-order valence-electron chi connectivity index (χ3n) is 2.56. The first-order valence-corrected chi connectivity index (χ1v) is 6.29. The highest BCUT2D eigenvalue weighted by atomic mass is 79.9. The molecule has 0 saturated carbocycles. The lowest BCUT2D eigenvalue weighted by atomic mass is 10.1. The number of hydrogen-bond acceptors (Lipinski definition) is 2. The van der Waals surface area contributed by atoms with E-state index in [1.165, 1.54) is 0 Å². The number of nitrogens with one attached hydrogen (secondary N) is 1. The number of anilines is 2. The highest BCUT2D eigenvalue weighted by molar-refractivity contribution is 9.10. The van der Waals surface area contributed by atoms with Crippen molar-refractivity contribution in [3.63, 3.8) is 0 Å². The molecule has 0 atom stereocenters. The SMILES string of the molecule is Nc1cc(F)cc(F)c1NC(=O)c1c(F)cc(Br)cc1F. The third-order valence-corrected chi connectivity index (χ3v) is 3.02. The summed E-state index contributed by atoms with van der Waals surface area (Å²) in [6.45, 7) is 0. The Morgan fingerprint density at radius 2 is 1.57 bits per heavy atom. The van der Waals surface area contributed by atoms with Crippen molar-refractivity contribution in [2.45, 2.75) is 0 Å². The minimum Gasteiger partial charge on any atom is -0.397 e. The topological polar surface area (TPSA) is 55.1 Å². The van der Waals surface area contributed by atoms with Gasteiger partial charge in [0.05, 0.1) is 5.69 Å². The van der Waals surface area contributed by atoms with Crippen LogP contribution in [0.2, 0.25) is 0 Å². The van der Waals surface area contributed by atoms with Gasteiger partial charge in [-0.2, -0.15) is 0 Å². The predicted molar refractivity (Wildman–Crippen MR) is 72.8 cm³/mol. The van der Waals surface area contributed by atoms with Gasteiger partial charge in [0.15, 0.2) is 5.82 Å². The van der Waals surface area contributed by atoms with Gasteiger partial charge in [-0.05, 0) is 18.2 Å². The van der Waals surface area contributed by atoms with E-state index in [0.29, 0.717) is 6.07 Å². The Kier molecular flexibility index (Phi) is 4.17. The molecule has 0 fully saturated rings. The summed E-state index contributed by atoms with van der Waals surface area (Å²) in [4.78, 5) is 11.8. The lowest BCUT2D eigenvalue weighted by Crippen LogP contribution is -2.18. The molecule has 110 valence electrons. The zero-order valence-electron chi connectivity index (χ0n) is 10.2. The summed E-state index contributed by atoms with van der Waals surface area (Å²) < 4.78 is 53.7.